The van der Waals surface area contributed by atoms with Crippen molar-refractivity contribution in [1.29, 1.82) is 0 Å². The van der Waals surface area contributed by atoms with Crippen molar-refractivity contribution in [3.05, 3.63) is 30.3 Å². The molecule has 1 aromatic rings. The number of urea groups is 2. The van der Waals surface area contributed by atoms with Crippen molar-refractivity contribution in [2.24, 2.45) is 5.73 Å². The van der Waals surface area contributed by atoms with Crippen molar-refractivity contribution in [3.63, 3.8) is 0 Å². The molecule has 6 heteroatoms. The number of rotatable bonds is 2. The molecule has 0 bridgehead atoms. The van der Waals surface area contributed by atoms with Crippen molar-refractivity contribution in [2.75, 3.05) is 5.32 Å². The summed E-state index contributed by atoms with van der Waals surface area (Å²) in [4.78, 5) is 23.2. The number of hydrogen-bond acceptors (Lipinski definition) is 2. The first-order chi connectivity index (χ1) is 9.16. The first kappa shape index (κ1) is 13.2. The Balaban J connectivity index is 1.93. The average Bonchev–Trinajstić information content (AvgIpc) is 2.90. The van der Waals surface area contributed by atoms with E-state index in [-0.39, 0.29) is 6.04 Å². The molecule has 1 fully saturated rings. The molecule has 0 heterocycles. The van der Waals surface area contributed by atoms with Gasteiger partial charge in [0.15, 0.2) is 0 Å². The zero-order valence-electron chi connectivity index (χ0n) is 10.6. The van der Waals surface area contributed by atoms with Crippen LogP contribution in [0.4, 0.5) is 15.3 Å². The zero-order chi connectivity index (χ0) is 13.7. The molecule has 0 unspecified atom stereocenters. The van der Waals surface area contributed by atoms with E-state index in [2.05, 4.69) is 10.7 Å². The number of hydrogen-bond donors (Lipinski definition) is 3. The number of nitrogens with zero attached hydrogens (tertiary/aromatic N) is 1. The lowest BCUT2D eigenvalue weighted by Crippen LogP contribution is -2.54. The molecule has 102 valence electrons. The number of benzene rings is 1. The third-order valence-electron chi connectivity index (χ3n) is 3.18. The molecule has 0 radical (unpaired) electrons. The van der Waals surface area contributed by atoms with Gasteiger partial charge in [-0.05, 0) is 25.0 Å². The van der Waals surface area contributed by atoms with Crippen LogP contribution >= 0.6 is 0 Å². The lowest BCUT2D eigenvalue weighted by atomic mass is 10.2. The minimum absolute atomic E-state index is 0.000904. The second-order valence-electron chi connectivity index (χ2n) is 4.58. The number of amides is 4. The minimum Gasteiger partial charge on any atom is -0.350 e. The van der Waals surface area contributed by atoms with Gasteiger partial charge in [-0.3, -0.25) is 0 Å². The van der Waals surface area contributed by atoms with Gasteiger partial charge in [0.1, 0.15) is 0 Å². The Morgan fingerprint density at radius 1 is 1.16 bits per heavy atom. The maximum atomic E-state index is 11.8. The van der Waals surface area contributed by atoms with Crippen LogP contribution in [0.2, 0.25) is 0 Å². The van der Waals surface area contributed by atoms with Gasteiger partial charge in [0.05, 0.1) is 6.04 Å². The summed E-state index contributed by atoms with van der Waals surface area (Å²) in [5.41, 5.74) is 8.48. The molecule has 1 saturated carbocycles. The van der Waals surface area contributed by atoms with Crippen LogP contribution in [-0.2, 0) is 0 Å². The quantitative estimate of drug-likeness (QED) is 0.712. The Hall–Kier alpha value is -2.24. The third kappa shape index (κ3) is 3.61. The van der Waals surface area contributed by atoms with Gasteiger partial charge in [0, 0.05) is 5.69 Å². The summed E-state index contributed by atoms with van der Waals surface area (Å²) >= 11 is 0. The second-order valence-corrected chi connectivity index (χ2v) is 4.58. The van der Waals surface area contributed by atoms with E-state index in [1.165, 1.54) is 5.01 Å². The van der Waals surface area contributed by atoms with Crippen molar-refractivity contribution in [3.8, 4) is 0 Å². The predicted molar refractivity (Wildman–Crippen MR) is 72.3 cm³/mol. The monoisotopic (exact) mass is 262 g/mol. The Morgan fingerprint density at radius 2 is 1.79 bits per heavy atom. The molecule has 1 aliphatic rings. The predicted octanol–water partition coefficient (Wildman–Crippen LogP) is 2.05. The summed E-state index contributed by atoms with van der Waals surface area (Å²) in [5, 5.41) is 3.88. The molecule has 0 saturated heterocycles. The topological polar surface area (TPSA) is 87.5 Å². The first-order valence-electron chi connectivity index (χ1n) is 6.38. The zero-order valence-corrected chi connectivity index (χ0v) is 10.6. The van der Waals surface area contributed by atoms with Crippen molar-refractivity contribution >= 4 is 17.7 Å². The second kappa shape index (κ2) is 6.08. The van der Waals surface area contributed by atoms with Gasteiger partial charge in [-0.1, -0.05) is 31.0 Å². The fourth-order valence-corrected chi connectivity index (χ4v) is 2.28. The van der Waals surface area contributed by atoms with Gasteiger partial charge in [-0.25, -0.2) is 20.0 Å². The van der Waals surface area contributed by atoms with E-state index in [1.54, 1.807) is 12.1 Å². The van der Waals surface area contributed by atoms with Crippen molar-refractivity contribution < 1.29 is 9.59 Å². The maximum absolute atomic E-state index is 11.8. The third-order valence-corrected chi connectivity index (χ3v) is 3.18. The van der Waals surface area contributed by atoms with Crippen LogP contribution < -0.4 is 16.5 Å². The molecule has 0 spiro atoms. The smallest absolute Gasteiger partial charge is 0.338 e. The molecule has 0 atom stereocenters. The van der Waals surface area contributed by atoms with E-state index in [0.29, 0.717) is 5.69 Å². The maximum Gasteiger partial charge on any atom is 0.338 e. The van der Waals surface area contributed by atoms with Gasteiger partial charge in [-0.2, -0.15) is 0 Å². The Bertz CT molecular complexity index is 443. The van der Waals surface area contributed by atoms with E-state index in [0.717, 1.165) is 25.7 Å². The van der Waals surface area contributed by atoms with E-state index < -0.39 is 12.1 Å². The highest BCUT2D eigenvalue weighted by atomic mass is 16.2. The molecular weight excluding hydrogens is 244 g/mol. The lowest BCUT2D eigenvalue weighted by molar-refractivity contribution is 0.152. The van der Waals surface area contributed by atoms with Crippen LogP contribution in [0.5, 0.6) is 0 Å². The van der Waals surface area contributed by atoms with Gasteiger partial charge in [-0.15, -0.1) is 0 Å². The van der Waals surface area contributed by atoms with Gasteiger partial charge in [0.2, 0.25) is 0 Å². The van der Waals surface area contributed by atoms with Crippen LogP contribution in [0.15, 0.2) is 30.3 Å². The molecule has 4 amide bonds. The molecular formula is C13H18N4O2. The molecule has 4 N–H and O–H groups in total. The molecule has 6 nitrogen and oxygen atoms in total. The summed E-state index contributed by atoms with van der Waals surface area (Å²) < 4.78 is 0. The standard InChI is InChI=1S/C13H18N4O2/c14-12(18)17(11-8-4-5-9-11)16-13(19)15-10-6-2-1-3-7-10/h1-3,6-7,11H,4-5,8-9H2,(H2,14,18)(H2,15,16,19). The Morgan fingerprint density at radius 3 is 2.37 bits per heavy atom. The van der Waals surface area contributed by atoms with Crippen LogP contribution in [0.3, 0.4) is 0 Å². The summed E-state index contributed by atoms with van der Waals surface area (Å²) in [6, 6.07) is 7.94. The normalized spacial score (nSPS) is 14.9. The number of carbonyl (C=O) groups excluding carboxylic acids is 2. The summed E-state index contributed by atoms with van der Waals surface area (Å²) in [5.74, 6) is 0. The molecule has 19 heavy (non-hydrogen) atoms. The van der Waals surface area contributed by atoms with E-state index in [9.17, 15) is 9.59 Å². The van der Waals surface area contributed by atoms with Crippen LogP contribution in [-0.4, -0.2) is 23.1 Å². The number of carbonyl (C=O) groups is 2. The van der Waals surface area contributed by atoms with Crippen LogP contribution in [0.1, 0.15) is 25.7 Å². The first-order valence-corrected chi connectivity index (χ1v) is 6.38. The molecule has 1 aromatic carbocycles. The number of primary amides is 1. The minimum atomic E-state index is -0.630. The number of anilines is 1. The van der Waals surface area contributed by atoms with Crippen LogP contribution in [0, 0.1) is 0 Å². The van der Waals surface area contributed by atoms with E-state index in [1.807, 2.05) is 18.2 Å². The highest BCUT2D eigenvalue weighted by Crippen LogP contribution is 2.22. The molecule has 2 rings (SSSR count). The van der Waals surface area contributed by atoms with Crippen molar-refractivity contribution in [2.45, 2.75) is 31.7 Å². The van der Waals surface area contributed by atoms with E-state index in [4.69, 9.17) is 5.73 Å². The largest absolute Gasteiger partial charge is 0.350 e. The summed E-state index contributed by atoms with van der Waals surface area (Å²) in [6.07, 6.45) is 3.84. The van der Waals surface area contributed by atoms with Gasteiger partial charge >= 0.3 is 12.1 Å². The fourth-order valence-electron chi connectivity index (χ4n) is 2.28. The summed E-state index contributed by atoms with van der Waals surface area (Å²) in [6.45, 7) is 0. The Labute approximate surface area is 111 Å². The summed E-state index contributed by atoms with van der Waals surface area (Å²) in [7, 11) is 0. The van der Waals surface area contributed by atoms with E-state index >= 15 is 0 Å². The number of nitrogens with one attached hydrogen (secondary N) is 2. The fraction of sp³-hybridized carbons (Fsp3) is 0.385. The molecule has 0 aliphatic heterocycles. The molecule has 1 aliphatic carbocycles. The SMILES string of the molecule is NC(=O)N(NC(=O)Nc1ccccc1)C1CCCC1. The lowest BCUT2D eigenvalue weighted by Gasteiger charge is -2.27. The highest BCUT2D eigenvalue weighted by Gasteiger charge is 2.26. The average molecular weight is 262 g/mol. The highest BCUT2D eigenvalue weighted by molar-refractivity contribution is 5.90. The van der Waals surface area contributed by atoms with Crippen molar-refractivity contribution in [1.82, 2.24) is 10.4 Å². The number of nitrogens with two attached hydrogens (primary N) is 1. The molecule has 0 aromatic heterocycles. The number of para-hydroxylation sites is 1. The van der Waals surface area contributed by atoms with Gasteiger partial charge in [0.25, 0.3) is 0 Å². The van der Waals surface area contributed by atoms with Gasteiger partial charge < -0.3 is 11.1 Å². The number of hydrazine groups is 1. The Kier molecular flexibility index (Phi) is 4.22. The van der Waals surface area contributed by atoms with Crippen LogP contribution in [0.25, 0.3) is 0 Å².